The zero-order valence-electron chi connectivity index (χ0n) is 6.69. The fourth-order valence-electron chi connectivity index (χ4n) is 1.40. The molecule has 68 valence electrons. The molecule has 0 unspecified atom stereocenters. The van der Waals surface area contributed by atoms with Gasteiger partial charge in [-0.3, -0.25) is 9.59 Å². The third-order valence-electron chi connectivity index (χ3n) is 2.01. The zero-order chi connectivity index (χ0) is 9.42. The van der Waals surface area contributed by atoms with Crippen LogP contribution in [0.4, 0.5) is 0 Å². The standard InChI is InChI=1S/C8H7IN2O2/c9-6-3-5-4(8(13)11-6)1-2-10-7(5)12/h3H,1-2H2,(H,10,12)(H,11,13). The first kappa shape index (κ1) is 8.74. The second-order valence-electron chi connectivity index (χ2n) is 2.84. The average Bonchev–Trinajstić information content (AvgIpc) is 2.07. The van der Waals surface area contributed by atoms with Crippen molar-refractivity contribution in [1.29, 1.82) is 0 Å². The Bertz CT molecular complexity index is 425. The number of fused-ring (bicyclic) bond motifs is 1. The minimum Gasteiger partial charge on any atom is -0.352 e. The lowest BCUT2D eigenvalue weighted by Gasteiger charge is -2.14. The molecule has 1 aliphatic rings. The smallest absolute Gasteiger partial charge is 0.252 e. The maximum absolute atomic E-state index is 11.4. The Morgan fingerprint density at radius 1 is 1.38 bits per heavy atom. The summed E-state index contributed by atoms with van der Waals surface area (Å²) in [7, 11) is 0. The lowest BCUT2D eigenvalue weighted by Crippen LogP contribution is -2.36. The van der Waals surface area contributed by atoms with Gasteiger partial charge in [0.1, 0.15) is 0 Å². The molecule has 1 amide bonds. The van der Waals surface area contributed by atoms with Crippen molar-refractivity contribution < 1.29 is 4.79 Å². The van der Waals surface area contributed by atoms with Crippen LogP contribution in [0.25, 0.3) is 0 Å². The zero-order valence-corrected chi connectivity index (χ0v) is 8.84. The Labute approximate surface area is 87.9 Å². The van der Waals surface area contributed by atoms with Crippen LogP contribution >= 0.6 is 22.6 Å². The van der Waals surface area contributed by atoms with Gasteiger partial charge < -0.3 is 10.3 Å². The van der Waals surface area contributed by atoms with E-state index in [2.05, 4.69) is 10.3 Å². The fourth-order valence-corrected chi connectivity index (χ4v) is 1.96. The molecular formula is C8H7IN2O2. The lowest BCUT2D eigenvalue weighted by atomic mass is 10.0. The molecule has 1 aromatic rings. The fraction of sp³-hybridized carbons (Fsp3) is 0.250. The SMILES string of the molecule is O=C1NCCc2c1cc(I)[nH]c2=O. The van der Waals surface area contributed by atoms with Crippen LogP contribution in [-0.2, 0) is 6.42 Å². The molecule has 2 rings (SSSR count). The third-order valence-corrected chi connectivity index (χ3v) is 2.59. The minimum absolute atomic E-state index is 0.142. The normalized spacial score (nSPS) is 15.0. The maximum atomic E-state index is 11.4. The molecule has 0 aliphatic carbocycles. The van der Waals surface area contributed by atoms with Gasteiger partial charge in [0, 0.05) is 12.1 Å². The summed E-state index contributed by atoms with van der Waals surface area (Å²) < 4.78 is 0.693. The summed E-state index contributed by atoms with van der Waals surface area (Å²) in [5.41, 5.74) is 0.973. The number of carbonyl (C=O) groups excluding carboxylic acids is 1. The lowest BCUT2D eigenvalue weighted by molar-refractivity contribution is 0.0945. The van der Waals surface area contributed by atoms with E-state index in [4.69, 9.17) is 0 Å². The summed E-state index contributed by atoms with van der Waals surface area (Å²) >= 11 is 1.99. The van der Waals surface area contributed by atoms with E-state index in [1.807, 2.05) is 22.6 Å². The van der Waals surface area contributed by atoms with E-state index in [0.717, 1.165) is 0 Å². The minimum atomic E-state index is -0.148. The second kappa shape index (κ2) is 3.13. The van der Waals surface area contributed by atoms with E-state index in [1.165, 1.54) is 0 Å². The number of amides is 1. The van der Waals surface area contributed by atoms with Crippen LogP contribution in [0.5, 0.6) is 0 Å². The van der Waals surface area contributed by atoms with Crippen molar-refractivity contribution in [2.45, 2.75) is 6.42 Å². The van der Waals surface area contributed by atoms with Crippen LogP contribution in [0, 0.1) is 3.70 Å². The predicted octanol–water partition coefficient (Wildman–Crippen LogP) is 0.265. The topological polar surface area (TPSA) is 62.0 Å². The summed E-state index contributed by atoms with van der Waals surface area (Å²) in [5.74, 6) is -0.148. The number of nitrogens with one attached hydrogen (secondary N) is 2. The van der Waals surface area contributed by atoms with Gasteiger partial charge in [-0.15, -0.1) is 0 Å². The van der Waals surface area contributed by atoms with E-state index in [1.54, 1.807) is 6.07 Å². The molecule has 0 fully saturated rings. The summed E-state index contributed by atoms with van der Waals surface area (Å²) in [4.78, 5) is 25.4. The number of hydrogen-bond donors (Lipinski definition) is 2. The van der Waals surface area contributed by atoms with Crippen LogP contribution in [0.3, 0.4) is 0 Å². The number of aromatic nitrogens is 1. The summed E-state index contributed by atoms with van der Waals surface area (Å²) in [5, 5.41) is 2.70. The summed E-state index contributed by atoms with van der Waals surface area (Å²) in [6.07, 6.45) is 0.618. The molecule has 1 aromatic heterocycles. The monoisotopic (exact) mass is 290 g/mol. The molecule has 2 heterocycles. The van der Waals surface area contributed by atoms with Crippen LogP contribution in [0.1, 0.15) is 15.9 Å². The molecule has 4 nitrogen and oxygen atoms in total. The highest BCUT2D eigenvalue weighted by Crippen LogP contribution is 2.11. The average molecular weight is 290 g/mol. The van der Waals surface area contributed by atoms with Crippen molar-refractivity contribution in [1.82, 2.24) is 10.3 Å². The van der Waals surface area contributed by atoms with Crippen molar-refractivity contribution in [2.24, 2.45) is 0 Å². The van der Waals surface area contributed by atoms with Gasteiger partial charge in [0.2, 0.25) is 0 Å². The molecule has 13 heavy (non-hydrogen) atoms. The van der Waals surface area contributed by atoms with Gasteiger partial charge in [-0.2, -0.15) is 0 Å². The van der Waals surface area contributed by atoms with E-state index in [9.17, 15) is 9.59 Å². The number of halogens is 1. The number of H-pyrrole nitrogens is 1. The first-order chi connectivity index (χ1) is 6.18. The van der Waals surface area contributed by atoms with Crippen molar-refractivity contribution in [2.75, 3.05) is 6.54 Å². The van der Waals surface area contributed by atoms with Crippen LogP contribution in [0.2, 0.25) is 0 Å². The highest BCUT2D eigenvalue weighted by molar-refractivity contribution is 14.1. The Morgan fingerprint density at radius 3 is 2.92 bits per heavy atom. The highest BCUT2D eigenvalue weighted by Gasteiger charge is 2.19. The molecule has 0 bridgehead atoms. The Morgan fingerprint density at radius 2 is 2.15 bits per heavy atom. The Kier molecular flexibility index (Phi) is 2.10. The molecule has 0 saturated carbocycles. The summed E-state index contributed by atoms with van der Waals surface area (Å²) in [6, 6.07) is 1.70. The van der Waals surface area contributed by atoms with Gasteiger partial charge >= 0.3 is 0 Å². The second-order valence-corrected chi connectivity index (χ2v) is 4.01. The number of rotatable bonds is 0. The van der Waals surface area contributed by atoms with Crippen molar-refractivity contribution >= 4 is 28.5 Å². The predicted molar refractivity (Wildman–Crippen MR) is 55.8 cm³/mol. The molecule has 1 aliphatic heterocycles. The Balaban J connectivity index is 2.70. The Hall–Kier alpha value is -0.850. The molecule has 0 atom stereocenters. The molecule has 0 spiro atoms. The number of pyridine rings is 1. The van der Waals surface area contributed by atoms with Crippen molar-refractivity contribution in [3.63, 3.8) is 0 Å². The van der Waals surface area contributed by atoms with Gasteiger partial charge in [0.05, 0.1) is 9.26 Å². The largest absolute Gasteiger partial charge is 0.352 e. The first-order valence-electron chi connectivity index (χ1n) is 3.88. The van der Waals surface area contributed by atoms with E-state index < -0.39 is 0 Å². The van der Waals surface area contributed by atoms with Gasteiger partial charge in [0.25, 0.3) is 11.5 Å². The molecule has 0 saturated heterocycles. The highest BCUT2D eigenvalue weighted by atomic mass is 127. The van der Waals surface area contributed by atoms with Crippen LogP contribution in [0.15, 0.2) is 10.9 Å². The van der Waals surface area contributed by atoms with Crippen LogP contribution < -0.4 is 10.9 Å². The molecule has 5 heteroatoms. The summed E-state index contributed by atoms with van der Waals surface area (Å²) in [6.45, 7) is 0.551. The van der Waals surface area contributed by atoms with E-state index in [-0.39, 0.29) is 11.5 Å². The number of carbonyl (C=O) groups is 1. The van der Waals surface area contributed by atoms with Crippen molar-refractivity contribution in [3.8, 4) is 0 Å². The quantitative estimate of drug-likeness (QED) is 0.532. The van der Waals surface area contributed by atoms with Crippen molar-refractivity contribution in [3.05, 3.63) is 31.2 Å². The van der Waals surface area contributed by atoms with Crippen LogP contribution in [-0.4, -0.2) is 17.4 Å². The van der Waals surface area contributed by atoms with Gasteiger partial charge in [0.15, 0.2) is 0 Å². The molecule has 0 radical (unpaired) electrons. The first-order valence-corrected chi connectivity index (χ1v) is 4.96. The number of hydrogen-bond acceptors (Lipinski definition) is 2. The maximum Gasteiger partial charge on any atom is 0.252 e. The molecule has 0 aromatic carbocycles. The molecule has 2 N–H and O–H groups in total. The van der Waals surface area contributed by atoms with Gasteiger partial charge in [-0.1, -0.05) is 0 Å². The van der Waals surface area contributed by atoms with E-state index in [0.29, 0.717) is 27.8 Å². The van der Waals surface area contributed by atoms with Gasteiger partial charge in [-0.05, 0) is 35.1 Å². The van der Waals surface area contributed by atoms with E-state index >= 15 is 0 Å². The third kappa shape index (κ3) is 1.48. The number of aromatic amines is 1. The van der Waals surface area contributed by atoms with Gasteiger partial charge in [-0.25, -0.2) is 0 Å². The molecular weight excluding hydrogens is 283 g/mol.